The Morgan fingerprint density at radius 2 is 1.82 bits per heavy atom. The Bertz CT molecular complexity index is 350. The minimum atomic E-state index is 0.351. The molecule has 1 aromatic carbocycles. The zero-order valence-corrected chi connectivity index (χ0v) is 10.7. The lowest BCUT2D eigenvalue weighted by molar-refractivity contribution is -0.0645. The molecule has 2 heteroatoms. The van der Waals surface area contributed by atoms with Crippen LogP contribution in [0.5, 0.6) is 0 Å². The third kappa shape index (κ3) is 3.99. The molecule has 2 atom stereocenters. The summed E-state index contributed by atoms with van der Waals surface area (Å²) in [5.74, 6) is 0. The van der Waals surface area contributed by atoms with Gasteiger partial charge in [-0.3, -0.25) is 4.90 Å². The molecule has 2 nitrogen and oxygen atoms in total. The highest BCUT2D eigenvalue weighted by Crippen LogP contribution is 2.10. The van der Waals surface area contributed by atoms with Gasteiger partial charge in [0.05, 0.1) is 12.2 Å². The predicted octanol–water partition coefficient (Wildman–Crippen LogP) is 2.81. The molecule has 1 fully saturated rings. The smallest absolute Gasteiger partial charge is 0.0678 e. The van der Waals surface area contributed by atoms with Crippen molar-refractivity contribution in [2.24, 2.45) is 0 Å². The van der Waals surface area contributed by atoms with Gasteiger partial charge in [0.1, 0.15) is 0 Å². The molecular formula is C15H21NO. The van der Waals surface area contributed by atoms with E-state index in [1.54, 1.807) is 0 Å². The summed E-state index contributed by atoms with van der Waals surface area (Å²) in [6.45, 7) is 7.35. The molecular weight excluding hydrogens is 210 g/mol. The first kappa shape index (κ1) is 12.3. The Morgan fingerprint density at radius 3 is 2.47 bits per heavy atom. The van der Waals surface area contributed by atoms with Gasteiger partial charge in [-0.05, 0) is 19.4 Å². The average molecular weight is 231 g/mol. The van der Waals surface area contributed by atoms with Gasteiger partial charge in [-0.2, -0.15) is 0 Å². The van der Waals surface area contributed by atoms with E-state index >= 15 is 0 Å². The number of ether oxygens (including phenoxy) is 1. The monoisotopic (exact) mass is 231 g/mol. The van der Waals surface area contributed by atoms with Gasteiger partial charge in [0.25, 0.3) is 0 Å². The van der Waals surface area contributed by atoms with Gasteiger partial charge in [0, 0.05) is 19.6 Å². The molecule has 0 saturated carbocycles. The van der Waals surface area contributed by atoms with Crippen molar-refractivity contribution in [3.8, 4) is 0 Å². The van der Waals surface area contributed by atoms with Crippen molar-refractivity contribution >= 4 is 6.08 Å². The van der Waals surface area contributed by atoms with Crippen LogP contribution in [-0.4, -0.2) is 36.7 Å². The van der Waals surface area contributed by atoms with Crippen molar-refractivity contribution in [1.29, 1.82) is 0 Å². The summed E-state index contributed by atoms with van der Waals surface area (Å²) in [6, 6.07) is 10.4. The third-order valence-electron chi connectivity index (χ3n) is 2.97. The van der Waals surface area contributed by atoms with E-state index in [0.717, 1.165) is 19.6 Å². The quantitative estimate of drug-likeness (QED) is 0.793. The molecule has 92 valence electrons. The second-order valence-corrected chi connectivity index (χ2v) is 4.79. The SMILES string of the molecule is C[C@H]1CN(C/C=C/c2ccccc2)C[C@H](C)O1. The van der Waals surface area contributed by atoms with Crippen molar-refractivity contribution in [2.75, 3.05) is 19.6 Å². The topological polar surface area (TPSA) is 12.5 Å². The van der Waals surface area contributed by atoms with Gasteiger partial charge >= 0.3 is 0 Å². The van der Waals surface area contributed by atoms with Crippen LogP contribution >= 0.6 is 0 Å². The number of nitrogens with zero attached hydrogens (tertiary/aromatic N) is 1. The van der Waals surface area contributed by atoms with Crippen molar-refractivity contribution in [1.82, 2.24) is 4.90 Å². The van der Waals surface area contributed by atoms with Crippen molar-refractivity contribution in [3.05, 3.63) is 42.0 Å². The fourth-order valence-electron chi connectivity index (χ4n) is 2.34. The van der Waals surface area contributed by atoms with E-state index in [1.807, 2.05) is 6.07 Å². The highest BCUT2D eigenvalue weighted by molar-refractivity contribution is 5.48. The predicted molar refractivity (Wildman–Crippen MR) is 71.9 cm³/mol. The lowest BCUT2D eigenvalue weighted by Gasteiger charge is -2.34. The Hall–Kier alpha value is -1.12. The highest BCUT2D eigenvalue weighted by atomic mass is 16.5. The minimum Gasteiger partial charge on any atom is -0.373 e. The maximum atomic E-state index is 5.72. The lowest BCUT2D eigenvalue weighted by Crippen LogP contribution is -2.45. The summed E-state index contributed by atoms with van der Waals surface area (Å²) < 4.78 is 5.72. The van der Waals surface area contributed by atoms with Crippen LogP contribution in [0.4, 0.5) is 0 Å². The second-order valence-electron chi connectivity index (χ2n) is 4.79. The van der Waals surface area contributed by atoms with Crippen molar-refractivity contribution in [3.63, 3.8) is 0 Å². The first-order valence-electron chi connectivity index (χ1n) is 6.33. The van der Waals surface area contributed by atoms with Crippen LogP contribution < -0.4 is 0 Å². The first-order chi connectivity index (χ1) is 8.24. The Morgan fingerprint density at radius 1 is 1.18 bits per heavy atom. The fourth-order valence-corrected chi connectivity index (χ4v) is 2.34. The van der Waals surface area contributed by atoms with Gasteiger partial charge in [0.2, 0.25) is 0 Å². The molecule has 0 aromatic heterocycles. The van der Waals surface area contributed by atoms with E-state index < -0.39 is 0 Å². The number of hydrogen-bond donors (Lipinski definition) is 0. The molecule has 0 unspecified atom stereocenters. The van der Waals surface area contributed by atoms with Crippen LogP contribution in [0.3, 0.4) is 0 Å². The summed E-state index contributed by atoms with van der Waals surface area (Å²) in [7, 11) is 0. The molecule has 1 aliphatic heterocycles. The molecule has 2 rings (SSSR count). The molecule has 1 saturated heterocycles. The normalized spacial score (nSPS) is 26.5. The molecule has 0 radical (unpaired) electrons. The van der Waals surface area contributed by atoms with E-state index in [4.69, 9.17) is 4.74 Å². The highest BCUT2D eigenvalue weighted by Gasteiger charge is 2.20. The van der Waals surface area contributed by atoms with E-state index in [1.165, 1.54) is 5.56 Å². The molecule has 0 spiro atoms. The largest absolute Gasteiger partial charge is 0.373 e. The van der Waals surface area contributed by atoms with Gasteiger partial charge in [-0.15, -0.1) is 0 Å². The van der Waals surface area contributed by atoms with Gasteiger partial charge in [0.15, 0.2) is 0 Å². The molecule has 0 bridgehead atoms. The van der Waals surface area contributed by atoms with E-state index in [0.29, 0.717) is 12.2 Å². The second kappa shape index (κ2) is 5.99. The molecule has 1 aliphatic rings. The lowest BCUT2D eigenvalue weighted by atomic mass is 10.2. The fraction of sp³-hybridized carbons (Fsp3) is 0.467. The summed E-state index contributed by atoms with van der Waals surface area (Å²) in [5, 5.41) is 0. The van der Waals surface area contributed by atoms with Gasteiger partial charge < -0.3 is 4.74 Å². The zero-order chi connectivity index (χ0) is 12.1. The van der Waals surface area contributed by atoms with Crippen LogP contribution in [0.15, 0.2) is 36.4 Å². The van der Waals surface area contributed by atoms with Crippen LogP contribution in [0.25, 0.3) is 6.08 Å². The number of morpholine rings is 1. The Labute approximate surface area is 104 Å². The summed E-state index contributed by atoms with van der Waals surface area (Å²) in [5.41, 5.74) is 1.27. The zero-order valence-electron chi connectivity index (χ0n) is 10.7. The maximum absolute atomic E-state index is 5.72. The van der Waals surface area contributed by atoms with Crippen LogP contribution in [0.1, 0.15) is 19.4 Å². The molecule has 17 heavy (non-hydrogen) atoms. The maximum Gasteiger partial charge on any atom is 0.0678 e. The standard InChI is InChI=1S/C15H21NO/c1-13-11-16(12-14(2)17-13)10-6-9-15-7-4-3-5-8-15/h3-9,13-14H,10-12H2,1-2H3/b9-6+/t13-,14-/m0/s1. The Balaban J connectivity index is 1.83. The van der Waals surface area contributed by atoms with Crippen molar-refractivity contribution in [2.45, 2.75) is 26.1 Å². The molecule has 0 amide bonds. The molecule has 1 aromatic rings. The average Bonchev–Trinajstić information content (AvgIpc) is 2.29. The first-order valence-corrected chi connectivity index (χ1v) is 6.33. The number of rotatable bonds is 3. The van der Waals surface area contributed by atoms with E-state index in [-0.39, 0.29) is 0 Å². The third-order valence-corrected chi connectivity index (χ3v) is 2.97. The van der Waals surface area contributed by atoms with Crippen LogP contribution in [-0.2, 0) is 4.74 Å². The van der Waals surface area contributed by atoms with Gasteiger partial charge in [-0.25, -0.2) is 0 Å². The Kier molecular flexibility index (Phi) is 4.35. The van der Waals surface area contributed by atoms with E-state index in [9.17, 15) is 0 Å². The van der Waals surface area contributed by atoms with E-state index in [2.05, 4.69) is 55.2 Å². The minimum absolute atomic E-state index is 0.351. The summed E-state index contributed by atoms with van der Waals surface area (Å²) in [4.78, 5) is 2.44. The van der Waals surface area contributed by atoms with Crippen molar-refractivity contribution < 1.29 is 4.74 Å². The summed E-state index contributed by atoms with van der Waals surface area (Å²) in [6.07, 6.45) is 5.12. The molecule has 1 heterocycles. The van der Waals surface area contributed by atoms with Crippen LogP contribution in [0.2, 0.25) is 0 Å². The molecule has 0 N–H and O–H groups in total. The number of hydrogen-bond acceptors (Lipinski definition) is 2. The van der Waals surface area contributed by atoms with Gasteiger partial charge in [-0.1, -0.05) is 42.5 Å². The van der Waals surface area contributed by atoms with Crippen LogP contribution in [0, 0.1) is 0 Å². The molecule has 0 aliphatic carbocycles. The number of benzene rings is 1. The summed E-state index contributed by atoms with van der Waals surface area (Å²) >= 11 is 0.